The predicted octanol–water partition coefficient (Wildman–Crippen LogP) is 2.38. The lowest BCUT2D eigenvalue weighted by Crippen LogP contribution is -2.47. The summed E-state index contributed by atoms with van der Waals surface area (Å²) < 4.78 is 28.7. The van der Waals surface area contributed by atoms with E-state index in [4.69, 9.17) is 14.2 Å². The number of carbonyl (C=O) groups excluding carboxylic acids is 2. The molecule has 0 aliphatic rings. The van der Waals surface area contributed by atoms with E-state index < -0.39 is 23.7 Å². The highest BCUT2D eigenvalue weighted by Gasteiger charge is 2.18. The van der Waals surface area contributed by atoms with Crippen molar-refractivity contribution in [2.24, 2.45) is 0 Å². The minimum absolute atomic E-state index is 0.252. The summed E-state index contributed by atoms with van der Waals surface area (Å²) >= 11 is 0. The molecule has 0 radical (unpaired) electrons. The molecule has 2 aromatic carbocycles. The molecule has 8 heteroatoms. The number of amides is 2. The topological polar surface area (TPSA) is 85.9 Å². The van der Waals surface area contributed by atoms with E-state index in [1.165, 1.54) is 57.5 Å². The van der Waals surface area contributed by atoms with E-state index in [1.54, 1.807) is 6.92 Å². The highest BCUT2D eigenvalue weighted by molar-refractivity contribution is 5.96. The first-order chi connectivity index (χ1) is 12.8. The molecule has 0 spiro atoms. The Morgan fingerprint density at radius 3 is 2.07 bits per heavy atom. The van der Waals surface area contributed by atoms with E-state index in [1.807, 2.05) is 0 Å². The van der Waals surface area contributed by atoms with Crippen molar-refractivity contribution in [3.63, 3.8) is 0 Å². The van der Waals surface area contributed by atoms with Gasteiger partial charge in [0.05, 0.1) is 14.2 Å². The lowest BCUT2D eigenvalue weighted by atomic mass is 10.1. The Balaban J connectivity index is 1.98. The van der Waals surface area contributed by atoms with Crippen LogP contribution in [-0.2, 0) is 4.79 Å². The molecule has 0 aliphatic heterocycles. The highest BCUT2D eigenvalue weighted by atomic mass is 19.1. The average molecular weight is 376 g/mol. The molecule has 1 unspecified atom stereocenters. The smallest absolute Gasteiger partial charge is 0.279 e. The Hall–Kier alpha value is -3.29. The van der Waals surface area contributed by atoms with Crippen LogP contribution in [0.3, 0.4) is 0 Å². The summed E-state index contributed by atoms with van der Waals surface area (Å²) in [5.74, 6) is -0.223. The van der Waals surface area contributed by atoms with Crippen molar-refractivity contribution in [3.05, 3.63) is 53.3 Å². The highest BCUT2D eigenvalue weighted by Crippen LogP contribution is 2.29. The number of nitrogens with one attached hydrogen (secondary N) is 2. The maximum Gasteiger partial charge on any atom is 0.279 e. The maximum atomic E-state index is 12.9. The summed E-state index contributed by atoms with van der Waals surface area (Å²) in [7, 11) is 2.97. The van der Waals surface area contributed by atoms with Crippen LogP contribution in [0.25, 0.3) is 0 Å². The second-order valence-corrected chi connectivity index (χ2v) is 5.66. The second kappa shape index (κ2) is 8.88. The molecule has 7 nitrogen and oxygen atoms in total. The van der Waals surface area contributed by atoms with Gasteiger partial charge in [0.25, 0.3) is 11.8 Å². The third-order valence-electron chi connectivity index (χ3n) is 3.81. The number of carbonyl (C=O) groups is 2. The van der Waals surface area contributed by atoms with Crippen LogP contribution in [0, 0.1) is 12.7 Å². The van der Waals surface area contributed by atoms with Crippen LogP contribution in [0.15, 0.2) is 36.4 Å². The van der Waals surface area contributed by atoms with Gasteiger partial charge in [-0.15, -0.1) is 0 Å². The van der Waals surface area contributed by atoms with Crippen LogP contribution < -0.4 is 25.1 Å². The molecular formula is C19H21FN2O5. The number of hydrazine groups is 1. The van der Waals surface area contributed by atoms with E-state index in [-0.39, 0.29) is 5.56 Å². The van der Waals surface area contributed by atoms with Gasteiger partial charge in [0.1, 0.15) is 23.1 Å². The van der Waals surface area contributed by atoms with Crippen LogP contribution in [0.2, 0.25) is 0 Å². The van der Waals surface area contributed by atoms with Gasteiger partial charge in [0.2, 0.25) is 0 Å². The molecule has 0 aromatic heterocycles. The zero-order valence-electron chi connectivity index (χ0n) is 15.5. The lowest BCUT2D eigenvalue weighted by molar-refractivity contribution is -0.128. The molecule has 0 saturated carbocycles. The standard InChI is InChI=1S/C19H21FN2O5/c1-11-16(25-3)9-13(10-17(11)26-4)19(24)22-21-18(23)12(2)27-15-7-5-14(20)6-8-15/h5-10,12H,1-4H3,(H,21,23)(H,22,24). The number of rotatable bonds is 6. The Kier molecular flexibility index (Phi) is 6.59. The lowest BCUT2D eigenvalue weighted by Gasteiger charge is -2.16. The van der Waals surface area contributed by atoms with Crippen molar-refractivity contribution >= 4 is 11.8 Å². The first-order valence-electron chi connectivity index (χ1n) is 8.10. The van der Waals surface area contributed by atoms with Crippen molar-refractivity contribution in [2.45, 2.75) is 20.0 Å². The van der Waals surface area contributed by atoms with Crippen LogP contribution in [0.4, 0.5) is 4.39 Å². The molecule has 0 heterocycles. The fourth-order valence-corrected chi connectivity index (χ4v) is 2.28. The molecule has 144 valence electrons. The fraction of sp³-hybridized carbons (Fsp3) is 0.263. The molecule has 1 atom stereocenters. The first kappa shape index (κ1) is 20.0. The van der Waals surface area contributed by atoms with Crippen LogP contribution in [0.1, 0.15) is 22.8 Å². The summed E-state index contributed by atoms with van der Waals surface area (Å²) in [6.45, 7) is 3.30. The van der Waals surface area contributed by atoms with E-state index >= 15 is 0 Å². The SMILES string of the molecule is COc1cc(C(=O)NNC(=O)C(C)Oc2ccc(F)cc2)cc(OC)c1C. The Labute approximate surface area is 156 Å². The molecule has 2 amide bonds. The quantitative estimate of drug-likeness (QED) is 0.756. The zero-order chi connectivity index (χ0) is 20.0. The third-order valence-corrected chi connectivity index (χ3v) is 3.81. The molecule has 2 aromatic rings. The number of halogens is 1. The molecule has 27 heavy (non-hydrogen) atoms. The summed E-state index contributed by atoms with van der Waals surface area (Å²) in [5, 5.41) is 0. The van der Waals surface area contributed by atoms with Crippen LogP contribution >= 0.6 is 0 Å². The van der Waals surface area contributed by atoms with Crippen molar-refractivity contribution < 1.29 is 28.2 Å². The van der Waals surface area contributed by atoms with Gasteiger partial charge in [0.15, 0.2) is 6.10 Å². The number of ether oxygens (including phenoxy) is 3. The van der Waals surface area contributed by atoms with E-state index in [0.717, 1.165) is 5.56 Å². The number of methoxy groups -OCH3 is 2. The minimum Gasteiger partial charge on any atom is -0.496 e. The Morgan fingerprint density at radius 2 is 1.56 bits per heavy atom. The van der Waals surface area contributed by atoms with Gasteiger partial charge in [-0.2, -0.15) is 0 Å². The average Bonchev–Trinajstić information content (AvgIpc) is 2.67. The predicted molar refractivity (Wildman–Crippen MR) is 96.4 cm³/mol. The monoisotopic (exact) mass is 376 g/mol. The summed E-state index contributed by atoms with van der Waals surface area (Å²) in [6, 6.07) is 8.33. The zero-order valence-corrected chi connectivity index (χ0v) is 15.5. The Bertz CT molecular complexity index is 798. The van der Waals surface area contributed by atoms with Gasteiger partial charge in [-0.05, 0) is 50.2 Å². The molecule has 0 fully saturated rings. The third kappa shape index (κ3) is 5.10. The van der Waals surface area contributed by atoms with Crippen molar-refractivity contribution in [1.82, 2.24) is 10.9 Å². The van der Waals surface area contributed by atoms with Crippen LogP contribution in [0.5, 0.6) is 17.2 Å². The molecule has 0 bridgehead atoms. The number of benzene rings is 2. The molecule has 0 saturated heterocycles. The van der Waals surface area contributed by atoms with Gasteiger partial charge in [0, 0.05) is 11.1 Å². The summed E-state index contributed by atoms with van der Waals surface area (Å²) in [5.41, 5.74) is 5.59. The molecule has 2 N–H and O–H groups in total. The number of hydrogen-bond acceptors (Lipinski definition) is 5. The van der Waals surface area contributed by atoms with E-state index in [9.17, 15) is 14.0 Å². The van der Waals surface area contributed by atoms with Gasteiger partial charge < -0.3 is 14.2 Å². The van der Waals surface area contributed by atoms with Crippen molar-refractivity contribution in [3.8, 4) is 17.2 Å². The summed E-state index contributed by atoms with van der Waals surface area (Å²) in [4.78, 5) is 24.4. The molecular weight excluding hydrogens is 355 g/mol. The van der Waals surface area contributed by atoms with Gasteiger partial charge in [-0.3, -0.25) is 20.4 Å². The van der Waals surface area contributed by atoms with Gasteiger partial charge in [-0.25, -0.2) is 4.39 Å². The molecule has 0 aliphatic carbocycles. The normalized spacial score (nSPS) is 11.3. The second-order valence-electron chi connectivity index (χ2n) is 5.66. The largest absolute Gasteiger partial charge is 0.496 e. The fourth-order valence-electron chi connectivity index (χ4n) is 2.28. The van der Waals surface area contributed by atoms with Crippen molar-refractivity contribution in [2.75, 3.05) is 14.2 Å². The van der Waals surface area contributed by atoms with Gasteiger partial charge >= 0.3 is 0 Å². The van der Waals surface area contributed by atoms with E-state index in [0.29, 0.717) is 17.2 Å². The molecule has 2 rings (SSSR count). The Morgan fingerprint density at radius 1 is 1.00 bits per heavy atom. The number of hydrogen-bond donors (Lipinski definition) is 2. The first-order valence-corrected chi connectivity index (χ1v) is 8.10. The van der Waals surface area contributed by atoms with Crippen LogP contribution in [-0.4, -0.2) is 32.1 Å². The maximum absolute atomic E-state index is 12.9. The van der Waals surface area contributed by atoms with E-state index in [2.05, 4.69) is 10.9 Å². The summed E-state index contributed by atoms with van der Waals surface area (Å²) in [6.07, 6.45) is -0.905. The minimum atomic E-state index is -0.905. The van der Waals surface area contributed by atoms with Crippen molar-refractivity contribution in [1.29, 1.82) is 0 Å². The van der Waals surface area contributed by atoms with Gasteiger partial charge in [-0.1, -0.05) is 0 Å².